The maximum absolute atomic E-state index is 10.9. The van der Waals surface area contributed by atoms with E-state index in [1.807, 2.05) is 0 Å². The maximum atomic E-state index is 10.9. The maximum Gasteiger partial charge on any atom is 0.328 e. The van der Waals surface area contributed by atoms with Gasteiger partial charge in [0.15, 0.2) is 0 Å². The van der Waals surface area contributed by atoms with E-state index < -0.39 is 5.97 Å². The van der Waals surface area contributed by atoms with Gasteiger partial charge in [-0.3, -0.25) is 4.98 Å². The van der Waals surface area contributed by atoms with Gasteiger partial charge in [-0.2, -0.15) is 0 Å². The lowest BCUT2D eigenvalue weighted by molar-refractivity contribution is -0.131. The Labute approximate surface area is 130 Å². The highest BCUT2D eigenvalue weighted by atomic mass is 16.4. The van der Waals surface area contributed by atoms with Crippen molar-refractivity contribution in [2.24, 2.45) is 0 Å². The van der Waals surface area contributed by atoms with E-state index in [0.29, 0.717) is 0 Å². The molecule has 0 fully saturated rings. The van der Waals surface area contributed by atoms with Gasteiger partial charge >= 0.3 is 5.97 Å². The number of hydrogen-bond donors (Lipinski definition) is 1. The number of carboxylic acid groups (broad SMARTS) is 1. The van der Waals surface area contributed by atoms with Crippen molar-refractivity contribution in [2.45, 2.75) is 26.8 Å². The van der Waals surface area contributed by atoms with Crippen molar-refractivity contribution in [3.8, 4) is 0 Å². The van der Waals surface area contributed by atoms with E-state index in [0.717, 1.165) is 47.2 Å². The number of aliphatic carboxylic acids is 1. The van der Waals surface area contributed by atoms with Gasteiger partial charge in [-0.15, -0.1) is 0 Å². The average Bonchev–Trinajstić information content (AvgIpc) is 2.48. The van der Waals surface area contributed by atoms with Crippen LogP contribution in [0.4, 0.5) is 0 Å². The fourth-order valence-corrected chi connectivity index (χ4v) is 3.06. The van der Waals surface area contributed by atoms with Crippen LogP contribution in [0.3, 0.4) is 0 Å². The predicted molar refractivity (Wildman–Crippen MR) is 87.9 cm³/mol. The van der Waals surface area contributed by atoms with Crippen molar-refractivity contribution in [3.63, 3.8) is 0 Å². The molecule has 0 bridgehead atoms. The number of benzene rings is 1. The number of aromatic nitrogens is 1. The first-order valence-electron chi connectivity index (χ1n) is 7.48. The zero-order chi connectivity index (χ0) is 15.9. The number of carbonyl (C=O) groups is 1. The second kappa shape index (κ2) is 5.54. The first-order valence-corrected chi connectivity index (χ1v) is 7.48. The largest absolute Gasteiger partial charge is 0.478 e. The number of aryl methyl sites for hydroxylation is 2. The van der Waals surface area contributed by atoms with E-state index in [9.17, 15) is 4.79 Å². The molecule has 4 heteroatoms. The number of hydrogen-bond acceptors (Lipinski definition) is 3. The van der Waals surface area contributed by atoms with Crippen LogP contribution in [0.15, 0.2) is 18.2 Å². The zero-order valence-corrected chi connectivity index (χ0v) is 13.2. The van der Waals surface area contributed by atoms with Gasteiger partial charge < -0.3 is 10.0 Å². The highest BCUT2D eigenvalue weighted by Crippen LogP contribution is 2.31. The van der Waals surface area contributed by atoms with E-state index in [2.05, 4.69) is 37.9 Å². The Morgan fingerprint density at radius 3 is 2.86 bits per heavy atom. The molecule has 0 atom stereocenters. The van der Waals surface area contributed by atoms with Crippen molar-refractivity contribution < 1.29 is 9.90 Å². The highest BCUT2D eigenvalue weighted by Gasteiger charge is 2.20. The summed E-state index contributed by atoms with van der Waals surface area (Å²) in [5.41, 5.74) is 6.63. The number of likely N-dealkylation sites (N-methyl/N-ethyl adjacent to an activating group) is 1. The minimum atomic E-state index is -0.924. The first kappa shape index (κ1) is 14.7. The fraction of sp³-hybridized carbons (Fsp3) is 0.333. The average molecular weight is 296 g/mol. The van der Waals surface area contributed by atoms with Gasteiger partial charge in [-0.05, 0) is 49.2 Å². The quantitative estimate of drug-likeness (QED) is 0.866. The van der Waals surface area contributed by atoms with Crippen LogP contribution in [0, 0.1) is 13.8 Å². The molecule has 0 amide bonds. The van der Waals surface area contributed by atoms with E-state index in [1.165, 1.54) is 17.2 Å². The third-order valence-corrected chi connectivity index (χ3v) is 4.46. The van der Waals surface area contributed by atoms with Crippen LogP contribution in [0.5, 0.6) is 0 Å². The Morgan fingerprint density at radius 1 is 1.36 bits per heavy atom. The van der Waals surface area contributed by atoms with E-state index in [1.54, 1.807) is 6.08 Å². The lowest BCUT2D eigenvalue weighted by Crippen LogP contribution is -2.28. The number of fused-ring (bicyclic) bond motifs is 2. The Bertz CT molecular complexity index is 794. The summed E-state index contributed by atoms with van der Waals surface area (Å²) in [6.07, 6.45) is 3.85. The van der Waals surface area contributed by atoms with Crippen LogP contribution in [0.2, 0.25) is 0 Å². The topological polar surface area (TPSA) is 53.4 Å². The van der Waals surface area contributed by atoms with Crippen LogP contribution >= 0.6 is 0 Å². The first-order chi connectivity index (χ1) is 10.5. The summed E-state index contributed by atoms with van der Waals surface area (Å²) < 4.78 is 0. The molecule has 0 unspecified atom stereocenters. The summed E-state index contributed by atoms with van der Waals surface area (Å²) in [7, 11) is 2.08. The van der Waals surface area contributed by atoms with Crippen molar-refractivity contribution in [1.29, 1.82) is 0 Å². The predicted octanol–water partition coefficient (Wildman–Crippen LogP) is 2.94. The summed E-state index contributed by atoms with van der Waals surface area (Å²) in [6.45, 7) is 5.95. The number of rotatable bonds is 2. The van der Waals surface area contributed by atoms with E-state index in [4.69, 9.17) is 10.1 Å². The van der Waals surface area contributed by atoms with E-state index in [-0.39, 0.29) is 0 Å². The molecule has 2 heterocycles. The molecule has 0 saturated heterocycles. The summed E-state index contributed by atoms with van der Waals surface area (Å²) in [4.78, 5) is 18.1. The molecule has 114 valence electrons. The second-order valence-electron chi connectivity index (χ2n) is 6.01. The Balaban J connectivity index is 2.33. The lowest BCUT2D eigenvalue weighted by Gasteiger charge is -2.27. The van der Waals surface area contributed by atoms with Crippen LogP contribution < -0.4 is 0 Å². The van der Waals surface area contributed by atoms with Crippen LogP contribution in [0.1, 0.15) is 27.9 Å². The van der Waals surface area contributed by atoms with E-state index >= 15 is 0 Å². The minimum Gasteiger partial charge on any atom is -0.478 e. The van der Waals surface area contributed by atoms with Crippen molar-refractivity contribution in [3.05, 3.63) is 46.2 Å². The standard InChI is InChI=1S/C18H20N2O2/c1-11-4-5-14-13(6-7-17(21)22)15-10-20(3)9-8-16(15)19-18(14)12(11)2/h4-7H,8-10H2,1-3H3,(H,21,22)/b7-6+. The molecule has 0 saturated carbocycles. The smallest absolute Gasteiger partial charge is 0.328 e. The van der Waals surface area contributed by atoms with Gasteiger partial charge in [0.25, 0.3) is 0 Å². The molecule has 1 aliphatic rings. The van der Waals surface area contributed by atoms with Gasteiger partial charge in [0.1, 0.15) is 0 Å². The molecule has 0 spiro atoms. The third-order valence-electron chi connectivity index (χ3n) is 4.46. The Morgan fingerprint density at radius 2 is 2.14 bits per heavy atom. The number of nitrogens with zero attached hydrogens (tertiary/aromatic N) is 2. The molecule has 1 aliphatic heterocycles. The highest BCUT2D eigenvalue weighted by molar-refractivity contribution is 5.95. The van der Waals surface area contributed by atoms with Gasteiger partial charge in [0, 0.05) is 36.7 Å². The Hall–Kier alpha value is -2.20. The number of pyridine rings is 1. The number of carboxylic acids is 1. The molecule has 0 radical (unpaired) electrons. The fourth-order valence-electron chi connectivity index (χ4n) is 3.06. The van der Waals surface area contributed by atoms with Crippen molar-refractivity contribution >= 4 is 22.9 Å². The van der Waals surface area contributed by atoms with Crippen LogP contribution in [-0.4, -0.2) is 34.6 Å². The second-order valence-corrected chi connectivity index (χ2v) is 6.01. The van der Waals surface area contributed by atoms with Crippen molar-refractivity contribution in [1.82, 2.24) is 9.88 Å². The molecule has 4 nitrogen and oxygen atoms in total. The summed E-state index contributed by atoms with van der Waals surface area (Å²) in [5, 5.41) is 10.0. The zero-order valence-electron chi connectivity index (χ0n) is 13.2. The minimum absolute atomic E-state index is 0.810. The van der Waals surface area contributed by atoms with Gasteiger partial charge in [0.05, 0.1) is 5.52 Å². The van der Waals surface area contributed by atoms with Gasteiger partial charge in [-0.25, -0.2) is 4.79 Å². The summed E-state index contributed by atoms with van der Waals surface area (Å²) in [5.74, 6) is -0.924. The van der Waals surface area contributed by atoms with Crippen LogP contribution in [0.25, 0.3) is 17.0 Å². The molecule has 1 aromatic heterocycles. The summed E-state index contributed by atoms with van der Waals surface area (Å²) >= 11 is 0. The summed E-state index contributed by atoms with van der Waals surface area (Å²) in [6, 6.07) is 4.14. The van der Waals surface area contributed by atoms with Crippen LogP contribution in [-0.2, 0) is 17.8 Å². The molecular weight excluding hydrogens is 276 g/mol. The molecule has 3 rings (SSSR count). The SMILES string of the molecule is Cc1ccc2c(/C=C/C(=O)O)c3c(nc2c1C)CCN(C)C3. The van der Waals surface area contributed by atoms with Crippen molar-refractivity contribution in [2.75, 3.05) is 13.6 Å². The molecule has 1 N–H and O–H groups in total. The third kappa shape index (κ3) is 2.50. The molecule has 2 aromatic rings. The van der Waals surface area contributed by atoms with Gasteiger partial charge in [-0.1, -0.05) is 12.1 Å². The molecular formula is C18H20N2O2. The lowest BCUT2D eigenvalue weighted by atomic mass is 9.93. The van der Waals surface area contributed by atoms with Gasteiger partial charge in [0.2, 0.25) is 0 Å². The molecule has 0 aliphatic carbocycles. The normalized spacial score (nSPS) is 15.4. The monoisotopic (exact) mass is 296 g/mol. The Kier molecular flexibility index (Phi) is 3.71. The molecule has 1 aromatic carbocycles. The molecule has 22 heavy (non-hydrogen) atoms.